The van der Waals surface area contributed by atoms with Gasteiger partial charge in [-0.05, 0) is 0 Å². The van der Waals surface area contributed by atoms with Gasteiger partial charge in [0.1, 0.15) is 0 Å². The number of terminal acetylenes is 1. The van der Waals surface area contributed by atoms with E-state index in [4.69, 9.17) is 6.42 Å². The number of nitrogens with zero attached hydrogens (tertiary/aromatic N) is 2. The van der Waals surface area contributed by atoms with Gasteiger partial charge in [-0.25, -0.2) is 4.98 Å². The van der Waals surface area contributed by atoms with Crippen molar-refractivity contribution in [1.82, 2.24) is 14.9 Å². The molecule has 1 aromatic rings. The molecular formula is C9H11N3O. The number of aromatic nitrogens is 2. The topological polar surface area (TPSA) is 46.9 Å². The first-order valence-electron chi connectivity index (χ1n) is 3.90. The summed E-state index contributed by atoms with van der Waals surface area (Å²) in [5.41, 5.74) is 0. The van der Waals surface area contributed by atoms with Crippen molar-refractivity contribution in [2.24, 2.45) is 7.05 Å². The van der Waals surface area contributed by atoms with E-state index in [1.54, 1.807) is 24.0 Å². The highest BCUT2D eigenvalue weighted by atomic mass is 16.1. The minimum atomic E-state index is -0.0530. The molecule has 1 aromatic heterocycles. The van der Waals surface area contributed by atoms with Gasteiger partial charge in [0, 0.05) is 19.4 Å². The average Bonchev–Trinajstić information content (AvgIpc) is 2.52. The molecule has 0 unspecified atom stereocenters. The largest absolute Gasteiger partial charge is 0.332 e. The molecule has 1 rings (SSSR count). The number of hydrogen-bond acceptors (Lipinski definition) is 3. The Kier molecular flexibility index (Phi) is 3.23. The Morgan fingerprint density at radius 2 is 2.62 bits per heavy atom. The minimum absolute atomic E-state index is 0.0530. The van der Waals surface area contributed by atoms with Crippen LogP contribution in [0.25, 0.3) is 0 Å². The lowest BCUT2D eigenvalue weighted by Gasteiger charge is -2.00. The number of Topliss-reactive ketones (excluding diaryl/α,β-unsaturated/α-hetero) is 1. The fourth-order valence-corrected chi connectivity index (χ4v) is 0.962. The zero-order chi connectivity index (χ0) is 9.68. The maximum Gasteiger partial charge on any atom is 0.211 e. The highest BCUT2D eigenvalue weighted by Gasteiger charge is 2.08. The van der Waals surface area contributed by atoms with Gasteiger partial charge in [-0.2, -0.15) is 0 Å². The van der Waals surface area contributed by atoms with E-state index in [-0.39, 0.29) is 12.3 Å². The molecule has 13 heavy (non-hydrogen) atoms. The van der Waals surface area contributed by atoms with Gasteiger partial charge in [0.2, 0.25) is 5.78 Å². The summed E-state index contributed by atoms with van der Waals surface area (Å²) in [6, 6.07) is 0. The van der Waals surface area contributed by atoms with Gasteiger partial charge in [-0.1, -0.05) is 5.92 Å². The van der Waals surface area contributed by atoms with Crippen LogP contribution in [0.4, 0.5) is 0 Å². The molecule has 1 heterocycles. The molecule has 0 aliphatic carbocycles. The first kappa shape index (κ1) is 9.49. The highest BCUT2D eigenvalue weighted by Crippen LogP contribution is 1.94. The maximum atomic E-state index is 11.4. The molecule has 0 radical (unpaired) electrons. The molecule has 0 aromatic carbocycles. The molecule has 0 spiro atoms. The Labute approximate surface area is 77.0 Å². The van der Waals surface area contributed by atoms with E-state index in [9.17, 15) is 4.79 Å². The highest BCUT2D eigenvalue weighted by molar-refractivity contribution is 5.94. The van der Waals surface area contributed by atoms with Crippen molar-refractivity contribution in [2.75, 3.05) is 13.1 Å². The Balaban J connectivity index is 2.50. The molecule has 0 aliphatic heterocycles. The molecule has 4 nitrogen and oxygen atoms in total. The van der Waals surface area contributed by atoms with E-state index in [2.05, 4.69) is 16.2 Å². The predicted octanol–water partition coefficient (Wildman–Crippen LogP) is -0.174. The van der Waals surface area contributed by atoms with E-state index >= 15 is 0 Å². The third kappa shape index (κ3) is 2.42. The fraction of sp³-hybridized carbons (Fsp3) is 0.333. The molecular weight excluding hydrogens is 166 g/mol. The van der Waals surface area contributed by atoms with Crippen molar-refractivity contribution in [3.05, 3.63) is 18.2 Å². The van der Waals surface area contributed by atoms with Gasteiger partial charge in [0.25, 0.3) is 0 Å². The second-order valence-electron chi connectivity index (χ2n) is 2.59. The summed E-state index contributed by atoms with van der Waals surface area (Å²) in [4.78, 5) is 15.3. The average molecular weight is 177 g/mol. The van der Waals surface area contributed by atoms with Crippen molar-refractivity contribution in [3.63, 3.8) is 0 Å². The summed E-state index contributed by atoms with van der Waals surface area (Å²) in [5.74, 6) is 2.79. The Bertz CT molecular complexity index is 335. The second kappa shape index (κ2) is 4.43. The van der Waals surface area contributed by atoms with Gasteiger partial charge in [0.15, 0.2) is 5.82 Å². The van der Waals surface area contributed by atoms with Crippen molar-refractivity contribution in [1.29, 1.82) is 0 Å². The summed E-state index contributed by atoms with van der Waals surface area (Å²) < 4.78 is 1.68. The molecule has 0 fully saturated rings. The van der Waals surface area contributed by atoms with Crippen LogP contribution in [0.15, 0.2) is 12.4 Å². The number of nitrogens with one attached hydrogen (secondary N) is 1. The number of carbonyl (C=O) groups is 1. The number of carbonyl (C=O) groups excluding carboxylic acids is 1. The molecule has 0 atom stereocenters. The number of imidazole rings is 1. The van der Waals surface area contributed by atoms with Gasteiger partial charge < -0.3 is 4.57 Å². The van der Waals surface area contributed by atoms with E-state index in [0.717, 1.165) is 0 Å². The van der Waals surface area contributed by atoms with E-state index in [0.29, 0.717) is 12.4 Å². The zero-order valence-electron chi connectivity index (χ0n) is 7.45. The summed E-state index contributed by atoms with van der Waals surface area (Å²) >= 11 is 0. The molecule has 1 N–H and O–H groups in total. The van der Waals surface area contributed by atoms with Crippen LogP contribution in [0, 0.1) is 12.3 Å². The fourth-order valence-electron chi connectivity index (χ4n) is 0.962. The van der Waals surface area contributed by atoms with E-state index < -0.39 is 0 Å². The zero-order valence-corrected chi connectivity index (χ0v) is 7.45. The van der Waals surface area contributed by atoms with Gasteiger partial charge in [-0.3, -0.25) is 10.1 Å². The second-order valence-corrected chi connectivity index (χ2v) is 2.59. The van der Waals surface area contributed by atoms with Crippen LogP contribution in [-0.4, -0.2) is 28.4 Å². The van der Waals surface area contributed by atoms with Crippen LogP contribution in [-0.2, 0) is 7.05 Å². The lowest BCUT2D eigenvalue weighted by Crippen LogP contribution is -2.25. The van der Waals surface area contributed by atoms with Crippen molar-refractivity contribution >= 4 is 5.78 Å². The van der Waals surface area contributed by atoms with E-state index in [1.807, 2.05) is 0 Å². The lowest BCUT2D eigenvalue weighted by molar-refractivity contribution is 0.0979. The van der Waals surface area contributed by atoms with Crippen LogP contribution in [0.2, 0.25) is 0 Å². The Morgan fingerprint density at radius 3 is 3.15 bits per heavy atom. The van der Waals surface area contributed by atoms with Crippen molar-refractivity contribution in [3.8, 4) is 12.3 Å². The summed E-state index contributed by atoms with van der Waals surface area (Å²) in [7, 11) is 1.78. The standard InChI is InChI=1S/C9H11N3O/c1-3-4-10-7-8(13)9-11-5-6-12(9)2/h1,5-6,10H,4,7H2,2H3. The normalized spacial score (nSPS) is 9.54. The van der Waals surface area contributed by atoms with Crippen LogP contribution in [0.5, 0.6) is 0 Å². The third-order valence-corrected chi connectivity index (χ3v) is 1.58. The molecule has 0 saturated carbocycles. The molecule has 0 aliphatic rings. The summed E-state index contributed by atoms with van der Waals surface area (Å²) in [6.45, 7) is 0.630. The van der Waals surface area contributed by atoms with Crippen LogP contribution < -0.4 is 5.32 Å². The first-order chi connectivity index (χ1) is 6.25. The Morgan fingerprint density at radius 1 is 1.85 bits per heavy atom. The molecule has 0 bridgehead atoms. The number of hydrogen-bond donors (Lipinski definition) is 1. The molecule has 0 amide bonds. The maximum absolute atomic E-state index is 11.4. The number of ketones is 1. The van der Waals surface area contributed by atoms with Crippen molar-refractivity contribution < 1.29 is 4.79 Å². The summed E-state index contributed by atoms with van der Waals surface area (Å²) in [6.07, 6.45) is 8.34. The first-order valence-corrected chi connectivity index (χ1v) is 3.90. The monoisotopic (exact) mass is 177 g/mol. The van der Waals surface area contributed by atoms with Gasteiger partial charge >= 0.3 is 0 Å². The quantitative estimate of drug-likeness (QED) is 0.394. The molecule has 4 heteroatoms. The lowest BCUT2D eigenvalue weighted by atomic mass is 10.3. The Hall–Kier alpha value is -1.60. The van der Waals surface area contributed by atoms with Crippen molar-refractivity contribution in [2.45, 2.75) is 0 Å². The SMILES string of the molecule is C#CCNCC(=O)c1nccn1C. The summed E-state index contributed by atoms with van der Waals surface area (Å²) in [5, 5.41) is 2.81. The number of aryl methyl sites for hydroxylation is 1. The predicted molar refractivity (Wildman–Crippen MR) is 49.2 cm³/mol. The van der Waals surface area contributed by atoms with Gasteiger partial charge in [-0.15, -0.1) is 6.42 Å². The minimum Gasteiger partial charge on any atom is -0.332 e. The molecule has 68 valence electrons. The van der Waals surface area contributed by atoms with E-state index in [1.165, 1.54) is 0 Å². The smallest absolute Gasteiger partial charge is 0.211 e. The van der Waals surface area contributed by atoms with Gasteiger partial charge in [0.05, 0.1) is 13.1 Å². The molecule has 0 saturated heterocycles. The third-order valence-electron chi connectivity index (χ3n) is 1.58. The van der Waals surface area contributed by atoms with Crippen LogP contribution >= 0.6 is 0 Å². The number of rotatable bonds is 4. The van der Waals surface area contributed by atoms with Crippen LogP contribution in [0.1, 0.15) is 10.6 Å². The van der Waals surface area contributed by atoms with Crippen LogP contribution in [0.3, 0.4) is 0 Å².